The summed E-state index contributed by atoms with van der Waals surface area (Å²) in [4.78, 5) is 5.44. The van der Waals surface area contributed by atoms with Crippen LogP contribution in [0.25, 0.3) is 0 Å². The fraction of sp³-hybridized carbons (Fsp3) is 0.111. The maximum atomic E-state index is 13.4. The van der Waals surface area contributed by atoms with Gasteiger partial charge in [-0.15, -0.1) is 0 Å². The Morgan fingerprint density at radius 1 is 0.718 bits per heavy atom. The van der Waals surface area contributed by atoms with Crippen molar-refractivity contribution in [2.75, 3.05) is 10.5 Å². The highest BCUT2D eigenvalue weighted by molar-refractivity contribution is 8.13. The minimum atomic E-state index is -4.39. The molecule has 0 atom stereocenters. The van der Waals surface area contributed by atoms with Gasteiger partial charge in [-0.25, -0.2) is 53.1 Å². The Balaban J connectivity index is 0.000000229. The van der Waals surface area contributed by atoms with Crippen LogP contribution >= 0.6 is 33.7 Å². The first-order chi connectivity index (χ1) is 17.9. The lowest BCUT2D eigenvalue weighted by molar-refractivity contribution is 0.482. The van der Waals surface area contributed by atoms with Crippen molar-refractivity contribution in [2.24, 2.45) is 0 Å². The van der Waals surface area contributed by atoms with E-state index in [4.69, 9.17) is 16.4 Å². The Kier molecular flexibility index (Phi) is 10.6. The number of halogens is 7. The highest BCUT2D eigenvalue weighted by Gasteiger charge is 2.23. The molecule has 0 aliphatic heterocycles. The number of anilines is 2. The molecule has 10 nitrogen and oxygen atoms in total. The van der Waals surface area contributed by atoms with Gasteiger partial charge in [0.15, 0.2) is 28.4 Å². The van der Waals surface area contributed by atoms with Crippen molar-refractivity contribution < 1.29 is 43.2 Å². The lowest BCUT2D eigenvalue weighted by Crippen LogP contribution is -2.15. The number of aryl methyl sites for hydroxylation is 2. The summed E-state index contributed by atoms with van der Waals surface area (Å²) in [5.74, 6) is -7.61. The largest absolute Gasteiger partial charge is 0.374 e. The predicted octanol–water partition coefficient (Wildman–Crippen LogP) is 4.52. The van der Waals surface area contributed by atoms with Gasteiger partial charge in [0.05, 0.1) is 0 Å². The number of hydrogen-bond acceptors (Lipinski definition) is 11. The third-order valence-corrected chi connectivity index (χ3v) is 7.97. The highest BCUT2D eigenvalue weighted by Crippen LogP contribution is 2.23. The molecular formula is C18H13ClF6N6O4S4. The molecule has 2 aromatic heterocycles. The molecule has 0 bridgehead atoms. The van der Waals surface area contributed by atoms with Crippen LogP contribution in [0.3, 0.4) is 0 Å². The van der Waals surface area contributed by atoms with Crippen LogP contribution in [0.15, 0.2) is 34.1 Å². The lowest BCUT2D eigenvalue weighted by Gasteiger charge is -2.06. The molecule has 0 saturated heterocycles. The van der Waals surface area contributed by atoms with Crippen LogP contribution in [-0.4, -0.2) is 35.6 Å². The summed E-state index contributed by atoms with van der Waals surface area (Å²) < 4.78 is 131. The summed E-state index contributed by atoms with van der Waals surface area (Å²) in [6.07, 6.45) is 0. The van der Waals surface area contributed by atoms with Crippen LogP contribution < -0.4 is 10.5 Å². The Hall–Kier alpha value is -3.07. The number of nitrogens with one attached hydrogen (secondary N) is 1. The number of nitrogens with two attached hydrogens (primary N) is 1. The number of aromatic nitrogens is 4. The summed E-state index contributed by atoms with van der Waals surface area (Å²) in [5, 5.41) is 0.444. The fourth-order valence-electron chi connectivity index (χ4n) is 2.22. The first-order valence-corrected chi connectivity index (χ1v) is 14.9. The third kappa shape index (κ3) is 9.27. The summed E-state index contributed by atoms with van der Waals surface area (Å²) in [5.41, 5.74) is 5.22. The van der Waals surface area contributed by atoms with E-state index in [1.165, 1.54) is 18.5 Å². The molecule has 212 valence electrons. The van der Waals surface area contributed by atoms with Crippen molar-refractivity contribution in [3.05, 3.63) is 70.8 Å². The van der Waals surface area contributed by atoms with Gasteiger partial charge >= 0.3 is 0 Å². The van der Waals surface area contributed by atoms with E-state index in [0.29, 0.717) is 11.0 Å². The zero-order valence-corrected chi connectivity index (χ0v) is 23.1. The van der Waals surface area contributed by atoms with Gasteiger partial charge in [-0.2, -0.15) is 8.75 Å². The van der Waals surface area contributed by atoms with E-state index < -0.39 is 63.8 Å². The van der Waals surface area contributed by atoms with Crippen molar-refractivity contribution in [2.45, 2.75) is 23.6 Å². The molecule has 0 fully saturated rings. The minimum Gasteiger partial charge on any atom is -0.374 e. The van der Waals surface area contributed by atoms with E-state index in [1.54, 1.807) is 0 Å². The molecule has 3 N–H and O–H groups in total. The van der Waals surface area contributed by atoms with Crippen LogP contribution in [0.1, 0.15) is 11.6 Å². The van der Waals surface area contributed by atoms with Crippen LogP contribution in [-0.2, 0) is 19.1 Å². The number of rotatable bonds is 4. The molecule has 0 amide bonds. The Labute approximate surface area is 229 Å². The van der Waals surface area contributed by atoms with Crippen molar-refractivity contribution in [1.29, 1.82) is 0 Å². The van der Waals surface area contributed by atoms with Gasteiger partial charge in [0, 0.05) is 51.9 Å². The molecule has 2 heterocycles. The molecule has 0 radical (unpaired) electrons. The van der Waals surface area contributed by atoms with Gasteiger partial charge in [-0.3, -0.25) is 4.72 Å². The highest BCUT2D eigenvalue weighted by atomic mass is 35.7. The third-order valence-electron chi connectivity index (χ3n) is 3.79. The average molecular weight is 655 g/mol. The molecule has 39 heavy (non-hydrogen) atoms. The molecule has 0 aliphatic carbocycles. The quantitative estimate of drug-likeness (QED) is 0.183. The smallest absolute Gasteiger partial charge is 0.266 e. The van der Waals surface area contributed by atoms with Crippen LogP contribution in [0.4, 0.5) is 36.6 Å². The molecule has 4 aromatic rings. The molecule has 0 saturated carbocycles. The van der Waals surface area contributed by atoms with Gasteiger partial charge < -0.3 is 5.73 Å². The molecule has 4 rings (SSSR count). The number of benzene rings is 2. The summed E-state index contributed by atoms with van der Waals surface area (Å²) in [6.45, 7) is 3.35. The van der Waals surface area contributed by atoms with E-state index in [0.717, 1.165) is 17.4 Å². The first kappa shape index (κ1) is 32.1. The Bertz CT molecular complexity index is 1690. The van der Waals surface area contributed by atoms with Crippen molar-refractivity contribution >= 4 is 63.1 Å². The molecule has 0 unspecified atom stereocenters. The van der Waals surface area contributed by atoms with E-state index in [-0.39, 0.29) is 29.4 Å². The van der Waals surface area contributed by atoms with Gasteiger partial charge in [0.25, 0.3) is 19.1 Å². The summed E-state index contributed by atoms with van der Waals surface area (Å²) in [7, 11) is -4.04. The number of nitrogens with zero attached hydrogens (tertiary/aromatic N) is 4. The lowest BCUT2D eigenvalue weighted by atomic mass is 10.3. The van der Waals surface area contributed by atoms with Crippen molar-refractivity contribution in [3.63, 3.8) is 0 Å². The van der Waals surface area contributed by atoms with E-state index >= 15 is 0 Å². The van der Waals surface area contributed by atoms with E-state index in [9.17, 15) is 43.2 Å². The maximum Gasteiger partial charge on any atom is 0.266 e. The van der Waals surface area contributed by atoms with Gasteiger partial charge in [0.1, 0.15) is 33.1 Å². The number of nitrogen functional groups attached to an aromatic ring is 1. The second-order valence-electron chi connectivity index (χ2n) is 6.76. The Morgan fingerprint density at radius 2 is 1.15 bits per heavy atom. The van der Waals surface area contributed by atoms with Crippen molar-refractivity contribution in [3.8, 4) is 0 Å². The zero-order valence-electron chi connectivity index (χ0n) is 19.1. The fourth-order valence-corrected chi connectivity index (χ4v) is 5.42. The Morgan fingerprint density at radius 3 is 1.54 bits per heavy atom. The summed E-state index contributed by atoms with van der Waals surface area (Å²) >= 11 is 1.96. The average Bonchev–Trinajstić information content (AvgIpc) is 3.39. The van der Waals surface area contributed by atoms with E-state index in [1.807, 2.05) is 11.6 Å². The molecular weight excluding hydrogens is 642 g/mol. The second kappa shape index (κ2) is 12.9. The molecule has 0 aliphatic rings. The standard InChI is InChI=1S/C9H6F3N3O2S2.C6H2ClF3O2S.C3H5N3S/c1-4-13-9(18-14-4)15-19(16,17)8-3-6(11)5(10)2-7(8)12;7-13(11,12)6-2-4(9)3(8)1-5(6)10;1-2-5-3(4)7-6-2/h2-3H,1H3,(H,13,14,15);1-2H;1H3,(H2,4,5,6). The van der Waals surface area contributed by atoms with E-state index in [2.05, 4.69) is 18.7 Å². The molecule has 21 heteroatoms. The number of hydrogen-bond donors (Lipinski definition) is 2. The monoisotopic (exact) mass is 654 g/mol. The minimum absolute atomic E-state index is 0.0957. The first-order valence-electron chi connectivity index (χ1n) is 9.53. The zero-order chi connectivity index (χ0) is 29.7. The maximum absolute atomic E-state index is 13.4. The van der Waals surface area contributed by atoms with Crippen molar-refractivity contribution in [1.82, 2.24) is 18.7 Å². The van der Waals surface area contributed by atoms with Crippen LogP contribution in [0, 0.1) is 48.8 Å². The van der Waals surface area contributed by atoms with Gasteiger partial charge in [0.2, 0.25) is 5.13 Å². The summed E-state index contributed by atoms with van der Waals surface area (Å²) in [6, 6.07) is 0.730. The number of sulfonamides is 1. The molecule has 2 aromatic carbocycles. The second-order valence-corrected chi connectivity index (χ2v) is 12.5. The predicted molar refractivity (Wildman–Crippen MR) is 130 cm³/mol. The topological polar surface area (TPSA) is 158 Å². The SMILES string of the molecule is Cc1nsc(N)n1.Cc1nsc(NS(=O)(=O)c2cc(F)c(F)cc2F)n1.O=S(=O)(Cl)c1cc(F)c(F)cc1F. The van der Waals surface area contributed by atoms with Crippen LogP contribution in [0.5, 0.6) is 0 Å². The normalized spacial score (nSPS) is 11.2. The van der Waals surface area contributed by atoms with Gasteiger partial charge in [-0.05, 0) is 19.9 Å². The van der Waals surface area contributed by atoms with Gasteiger partial charge in [-0.1, -0.05) is 0 Å². The molecule has 0 spiro atoms. The van der Waals surface area contributed by atoms with Crippen LogP contribution in [0.2, 0.25) is 0 Å².